The lowest BCUT2D eigenvalue weighted by Crippen LogP contribution is -2.50. The lowest BCUT2D eigenvalue weighted by molar-refractivity contribution is -0.236. The molecule has 3 nitrogen and oxygen atoms in total. The van der Waals surface area contributed by atoms with Crippen LogP contribution in [0.25, 0.3) is 0 Å². The third-order valence-electron chi connectivity index (χ3n) is 3.98. The number of carbonyl (C=O) groups is 1. The maximum Gasteiger partial charge on any atom is 0.406 e. The van der Waals surface area contributed by atoms with E-state index in [0.29, 0.717) is 6.54 Å². The first-order chi connectivity index (χ1) is 9.27. The number of halogens is 3. The Balaban J connectivity index is 2.21. The second-order valence-electron chi connectivity index (χ2n) is 5.33. The zero-order valence-electron chi connectivity index (χ0n) is 11.0. The van der Waals surface area contributed by atoms with Gasteiger partial charge in [0.2, 0.25) is 0 Å². The molecule has 1 aromatic carbocycles. The Labute approximate surface area is 115 Å². The van der Waals surface area contributed by atoms with Crippen LogP contribution in [0.15, 0.2) is 30.3 Å². The van der Waals surface area contributed by atoms with Crippen molar-refractivity contribution in [2.75, 3.05) is 13.1 Å². The molecule has 2 unspecified atom stereocenters. The van der Waals surface area contributed by atoms with Crippen LogP contribution in [0.2, 0.25) is 0 Å². The third kappa shape index (κ3) is 2.40. The molecule has 0 bridgehead atoms. The van der Waals surface area contributed by atoms with E-state index in [4.69, 9.17) is 5.11 Å². The molecule has 1 aliphatic heterocycles. The predicted octanol–water partition coefficient (Wildman–Crippen LogP) is 2.77. The monoisotopic (exact) mass is 287 g/mol. The summed E-state index contributed by atoms with van der Waals surface area (Å²) in [7, 11) is 0. The maximum absolute atomic E-state index is 13.2. The summed E-state index contributed by atoms with van der Waals surface area (Å²) in [6, 6.07) is 9.08. The Morgan fingerprint density at radius 3 is 2.45 bits per heavy atom. The van der Waals surface area contributed by atoms with Crippen LogP contribution in [-0.2, 0) is 11.3 Å². The smallest absolute Gasteiger partial charge is 0.406 e. The summed E-state index contributed by atoms with van der Waals surface area (Å²) in [5, 5.41) is 9.11. The van der Waals surface area contributed by atoms with Gasteiger partial charge in [-0.3, -0.25) is 9.69 Å². The van der Waals surface area contributed by atoms with E-state index < -0.39 is 30.0 Å². The van der Waals surface area contributed by atoms with Gasteiger partial charge in [-0.25, -0.2) is 0 Å². The van der Waals surface area contributed by atoms with Gasteiger partial charge in [-0.15, -0.1) is 0 Å². The average molecular weight is 287 g/mol. The first-order valence-electron chi connectivity index (χ1n) is 6.34. The molecule has 6 heteroatoms. The SMILES string of the molecule is CC1CN(Cc2ccccc2)CC1(C(=O)O)C(F)(F)F. The summed E-state index contributed by atoms with van der Waals surface area (Å²) < 4.78 is 39.7. The molecule has 20 heavy (non-hydrogen) atoms. The minimum Gasteiger partial charge on any atom is -0.481 e. The largest absolute Gasteiger partial charge is 0.481 e. The number of carboxylic acids is 1. The molecular formula is C14H16F3NO2. The lowest BCUT2D eigenvalue weighted by atomic mass is 9.78. The van der Waals surface area contributed by atoms with E-state index in [2.05, 4.69) is 0 Å². The normalized spacial score (nSPS) is 27.7. The molecule has 0 saturated carbocycles. The molecule has 0 radical (unpaired) electrons. The second-order valence-corrected chi connectivity index (χ2v) is 5.33. The molecule has 0 amide bonds. The van der Waals surface area contributed by atoms with Crippen LogP contribution in [0, 0.1) is 11.3 Å². The van der Waals surface area contributed by atoms with Crippen molar-refractivity contribution in [3.05, 3.63) is 35.9 Å². The minimum atomic E-state index is -4.75. The van der Waals surface area contributed by atoms with Crippen LogP contribution < -0.4 is 0 Å². The molecule has 1 N–H and O–H groups in total. The van der Waals surface area contributed by atoms with Crippen molar-refractivity contribution in [2.24, 2.45) is 11.3 Å². The molecule has 1 saturated heterocycles. The highest BCUT2D eigenvalue weighted by atomic mass is 19.4. The highest BCUT2D eigenvalue weighted by Gasteiger charge is 2.67. The van der Waals surface area contributed by atoms with Crippen LogP contribution in [-0.4, -0.2) is 35.2 Å². The molecule has 1 heterocycles. The average Bonchev–Trinajstić information content (AvgIpc) is 2.67. The molecule has 0 aliphatic carbocycles. The minimum absolute atomic E-state index is 0.126. The van der Waals surface area contributed by atoms with Crippen molar-refractivity contribution in [2.45, 2.75) is 19.6 Å². The Morgan fingerprint density at radius 2 is 2.00 bits per heavy atom. The van der Waals surface area contributed by atoms with Crippen molar-refractivity contribution in [1.29, 1.82) is 0 Å². The molecule has 0 aromatic heterocycles. The van der Waals surface area contributed by atoms with Gasteiger partial charge in [0.15, 0.2) is 5.41 Å². The summed E-state index contributed by atoms with van der Waals surface area (Å²) in [5.74, 6) is -2.75. The van der Waals surface area contributed by atoms with Crippen LogP contribution in [0.4, 0.5) is 13.2 Å². The zero-order valence-corrected chi connectivity index (χ0v) is 11.0. The van der Waals surface area contributed by atoms with Crippen LogP contribution >= 0.6 is 0 Å². The second kappa shape index (κ2) is 5.09. The fourth-order valence-electron chi connectivity index (χ4n) is 2.85. The zero-order chi connectivity index (χ0) is 15.0. The van der Waals surface area contributed by atoms with E-state index in [0.717, 1.165) is 5.56 Å². The fourth-order valence-corrected chi connectivity index (χ4v) is 2.85. The Kier molecular flexibility index (Phi) is 3.77. The number of aliphatic carboxylic acids is 1. The van der Waals surface area contributed by atoms with E-state index in [1.807, 2.05) is 30.3 Å². The molecule has 1 aliphatic rings. The first kappa shape index (κ1) is 14.8. The van der Waals surface area contributed by atoms with Gasteiger partial charge in [0, 0.05) is 19.6 Å². The van der Waals surface area contributed by atoms with Gasteiger partial charge in [0.05, 0.1) is 0 Å². The van der Waals surface area contributed by atoms with Gasteiger partial charge < -0.3 is 5.11 Å². The standard InChI is InChI=1S/C14H16F3NO2/c1-10-7-18(8-11-5-3-2-4-6-11)9-13(10,12(19)20)14(15,16)17/h2-6,10H,7-9H2,1H3,(H,19,20). The van der Waals surface area contributed by atoms with Gasteiger partial charge in [-0.1, -0.05) is 37.3 Å². The summed E-state index contributed by atoms with van der Waals surface area (Å²) in [6.45, 7) is 1.31. The molecular weight excluding hydrogens is 271 g/mol. The first-order valence-corrected chi connectivity index (χ1v) is 6.34. The maximum atomic E-state index is 13.2. The highest BCUT2D eigenvalue weighted by Crippen LogP contribution is 2.49. The van der Waals surface area contributed by atoms with E-state index in [1.165, 1.54) is 6.92 Å². The number of likely N-dealkylation sites (tertiary alicyclic amines) is 1. The van der Waals surface area contributed by atoms with E-state index in [1.54, 1.807) is 4.90 Å². The van der Waals surface area contributed by atoms with Gasteiger partial charge in [-0.05, 0) is 11.5 Å². The Hall–Kier alpha value is -1.56. The van der Waals surface area contributed by atoms with E-state index in [9.17, 15) is 18.0 Å². The summed E-state index contributed by atoms with van der Waals surface area (Å²) in [4.78, 5) is 12.8. The number of alkyl halides is 3. The van der Waals surface area contributed by atoms with Crippen molar-refractivity contribution in [1.82, 2.24) is 4.90 Å². The van der Waals surface area contributed by atoms with Crippen LogP contribution in [0.3, 0.4) is 0 Å². The number of benzene rings is 1. The van der Waals surface area contributed by atoms with Crippen molar-refractivity contribution in [3.8, 4) is 0 Å². The van der Waals surface area contributed by atoms with E-state index in [-0.39, 0.29) is 6.54 Å². The number of rotatable bonds is 3. The quantitative estimate of drug-likeness (QED) is 0.929. The molecule has 2 rings (SSSR count). The molecule has 2 atom stereocenters. The van der Waals surface area contributed by atoms with Crippen molar-refractivity contribution in [3.63, 3.8) is 0 Å². The van der Waals surface area contributed by atoms with Crippen LogP contribution in [0.1, 0.15) is 12.5 Å². The van der Waals surface area contributed by atoms with Crippen molar-refractivity contribution >= 4 is 5.97 Å². The summed E-state index contributed by atoms with van der Waals surface area (Å²) >= 11 is 0. The number of hydrogen-bond donors (Lipinski definition) is 1. The van der Waals surface area contributed by atoms with Crippen LogP contribution in [0.5, 0.6) is 0 Å². The lowest BCUT2D eigenvalue weighted by Gasteiger charge is -2.30. The third-order valence-corrected chi connectivity index (χ3v) is 3.98. The number of nitrogens with zero attached hydrogens (tertiary/aromatic N) is 1. The van der Waals surface area contributed by atoms with Gasteiger partial charge in [-0.2, -0.15) is 13.2 Å². The summed E-state index contributed by atoms with van der Waals surface area (Å²) in [5.41, 5.74) is -1.79. The topological polar surface area (TPSA) is 40.5 Å². The molecule has 1 aromatic rings. The van der Waals surface area contributed by atoms with Gasteiger partial charge >= 0.3 is 12.1 Å². The summed E-state index contributed by atoms with van der Waals surface area (Å²) in [6.07, 6.45) is -4.75. The number of carboxylic acid groups (broad SMARTS) is 1. The predicted molar refractivity (Wildman–Crippen MR) is 67.0 cm³/mol. The van der Waals surface area contributed by atoms with Crippen molar-refractivity contribution < 1.29 is 23.1 Å². The molecule has 1 fully saturated rings. The number of hydrogen-bond acceptors (Lipinski definition) is 2. The van der Waals surface area contributed by atoms with E-state index >= 15 is 0 Å². The molecule has 0 spiro atoms. The molecule has 110 valence electrons. The fraction of sp³-hybridized carbons (Fsp3) is 0.500. The Bertz CT molecular complexity index is 489. The van der Waals surface area contributed by atoms with Gasteiger partial charge in [0.1, 0.15) is 0 Å². The Morgan fingerprint density at radius 1 is 1.40 bits per heavy atom. The van der Waals surface area contributed by atoms with Gasteiger partial charge in [0.25, 0.3) is 0 Å². The highest BCUT2D eigenvalue weighted by molar-refractivity contribution is 5.77.